The topological polar surface area (TPSA) is 215 Å². The smallest absolute Gasteiger partial charge is 0.163 e. The number of carbonyl (C=O) groups excluding carboxylic acids is 1. The predicted molar refractivity (Wildman–Crippen MR) is 210 cm³/mol. The maximum atomic E-state index is 12.2. The van der Waals surface area contributed by atoms with E-state index in [0.717, 1.165) is 60.0 Å². The number of aryl methyl sites for hydroxylation is 1. The minimum absolute atomic E-state index is 0.211. The van der Waals surface area contributed by atoms with Gasteiger partial charge < -0.3 is 54.3 Å². The average Bonchev–Trinajstić information content (AvgIpc) is 3.83. The Hall–Kier alpha value is -3.65. The standard InChI is InChI=1S/C27H37N7O5.C11H25NO4/c1-36-11-12-38-15-16-39-14-13-37-10-7-22(35)5-3-2-4-9-34-27-23(25(28)31-19-32-27)24(33-34)21-17-20-6-8-29-26(20)30-18-21;1-2-4-13-6-8-15-10-11-16-9-7-14-5-3-12/h6,8,17-19H,2-5,7,9-16H2,1H3,(H,29,30)(H2,28,31,32);2-12H2,1H3. The highest BCUT2D eigenvalue weighted by molar-refractivity contribution is 5.99. The molecule has 4 aromatic heterocycles. The number of H-pyrrole nitrogens is 1. The summed E-state index contributed by atoms with van der Waals surface area (Å²) in [4.78, 5) is 28.4. The molecule has 0 spiro atoms. The van der Waals surface area contributed by atoms with Gasteiger partial charge in [0.05, 0.1) is 97.9 Å². The molecule has 0 amide bonds. The molecule has 4 rings (SSSR count). The van der Waals surface area contributed by atoms with Gasteiger partial charge >= 0.3 is 0 Å². The molecule has 5 N–H and O–H groups in total. The molecule has 0 bridgehead atoms. The lowest BCUT2D eigenvalue weighted by molar-refractivity contribution is -0.120. The number of fused-ring (bicyclic) bond motifs is 2. The number of rotatable bonds is 32. The predicted octanol–water partition coefficient (Wildman–Crippen LogP) is 3.59. The van der Waals surface area contributed by atoms with Crippen LogP contribution in [0.5, 0.6) is 0 Å². The van der Waals surface area contributed by atoms with E-state index in [2.05, 4.69) is 26.9 Å². The fraction of sp³-hybridized carbons (Fsp3) is 0.658. The third-order valence-corrected chi connectivity index (χ3v) is 7.99. The Morgan fingerprint density at radius 3 is 2.00 bits per heavy atom. The summed E-state index contributed by atoms with van der Waals surface area (Å²) >= 11 is 0. The van der Waals surface area contributed by atoms with E-state index < -0.39 is 0 Å². The molecule has 0 radical (unpaired) electrons. The van der Waals surface area contributed by atoms with Gasteiger partial charge in [-0.05, 0) is 31.4 Å². The van der Waals surface area contributed by atoms with E-state index in [-0.39, 0.29) is 5.78 Å². The van der Waals surface area contributed by atoms with E-state index in [9.17, 15) is 4.79 Å². The molecule has 0 aliphatic carbocycles. The second-order valence-corrected chi connectivity index (χ2v) is 12.3. The van der Waals surface area contributed by atoms with Gasteiger partial charge in [-0.15, -0.1) is 0 Å². The number of nitrogens with two attached hydrogens (primary N) is 2. The SMILES string of the molecule is CCCOCCOCCOCCOCCN.COCCOCCOCCOCCC(=O)CCCCCn1nc(-c2cnc3[nH]ccc3c2)c2c(N)ncnc21. The Morgan fingerprint density at radius 2 is 1.36 bits per heavy atom. The summed E-state index contributed by atoms with van der Waals surface area (Å²) in [6.07, 6.45) is 9.69. The third kappa shape index (κ3) is 18.7. The van der Waals surface area contributed by atoms with Crippen LogP contribution in [-0.2, 0) is 49.2 Å². The lowest BCUT2D eigenvalue weighted by Crippen LogP contribution is -2.14. The number of nitrogens with one attached hydrogen (secondary N) is 1. The molecule has 0 unspecified atom stereocenters. The summed E-state index contributed by atoms with van der Waals surface area (Å²) in [7, 11) is 1.64. The maximum absolute atomic E-state index is 12.2. The normalized spacial score (nSPS) is 11.4. The zero-order chi connectivity index (χ0) is 39.2. The van der Waals surface area contributed by atoms with Crippen LogP contribution in [0.2, 0.25) is 0 Å². The number of carbonyl (C=O) groups is 1. The quantitative estimate of drug-likeness (QED) is 0.0605. The largest absolute Gasteiger partial charge is 0.383 e. The first kappa shape index (κ1) is 45.7. The molecule has 4 heterocycles. The minimum atomic E-state index is 0.211. The van der Waals surface area contributed by atoms with Crippen molar-refractivity contribution >= 4 is 33.7 Å². The number of nitrogens with zero attached hydrogens (tertiary/aromatic N) is 5. The first-order valence-corrected chi connectivity index (χ1v) is 19.2. The number of ether oxygens (including phenoxy) is 8. The van der Waals surface area contributed by atoms with Gasteiger partial charge in [-0.3, -0.25) is 4.79 Å². The molecule has 0 aromatic carbocycles. The maximum Gasteiger partial charge on any atom is 0.163 e. The molecule has 0 atom stereocenters. The number of methoxy groups -OCH3 is 1. The summed E-state index contributed by atoms with van der Waals surface area (Å²) in [5, 5.41) is 6.54. The average molecular weight is 775 g/mol. The van der Waals surface area contributed by atoms with E-state index in [1.165, 1.54) is 6.33 Å². The number of hydrogen-bond acceptors (Lipinski definition) is 15. The second-order valence-electron chi connectivity index (χ2n) is 12.3. The van der Waals surface area contributed by atoms with Crippen molar-refractivity contribution in [3.63, 3.8) is 0 Å². The van der Waals surface area contributed by atoms with E-state index in [1.54, 1.807) is 13.3 Å². The number of ketones is 1. The Balaban J connectivity index is 0.000000429. The molecule has 17 heteroatoms. The minimum Gasteiger partial charge on any atom is -0.383 e. The number of anilines is 1. The van der Waals surface area contributed by atoms with E-state index in [0.29, 0.717) is 130 Å². The molecule has 4 aromatic rings. The van der Waals surface area contributed by atoms with Crippen molar-refractivity contribution in [1.82, 2.24) is 29.7 Å². The Morgan fingerprint density at radius 1 is 0.745 bits per heavy atom. The van der Waals surface area contributed by atoms with Crippen molar-refractivity contribution in [3.8, 4) is 11.3 Å². The first-order valence-electron chi connectivity index (χ1n) is 19.2. The van der Waals surface area contributed by atoms with Crippen LogP contribution in [0.3, 0.4) is 0 Å². The highest BCUT2D eigenvalue weighted by Crippen LogP contribution is 2.31. The summed E-state index contributed by atoms with van der Waals surface area (Å²) in [5.41, 5.74) is 14.6. The molecular weight excluding hydrogens is 712 g/mol. The van der Waals surface area contributed by atoms with Crippen LogP contribution in [0, 0.1) is 0 Å². The van der Waals surface area contributed by atoms with Gasteiger partial charge in [0, 0.05) is 63.0 Å². The number of aromatic amines is 1. The second kappa shape index (κ2) is 29.6. The zero-order valence-corrected chi connectivity index (χ0v) is 32.7. The molecule has 0 saturated heterocycles. The van der Waals surface area contributed by atoms with Gasteiger partial charge in [0.25, 0.3) is 0 Å². The number of nitrogen functional groups attached to an aromatic ring is 1. The van der Waals surface area contributed by atoms with Crippen LogP contribution < -0.4 is 11.5 Å². The third-order valence-electron chi connectivity index (χ3n) is 7.99. The van der Waals surface area contributed by atoms with Crippen LogP contribution in [-0.4, -0.2) is 148 Å². The first-order chi connectivity index (χ1) is 27.1. The molecule has 0 fully saturated rings. The van der Waals surface area contributed by atoms with Crippen molar-refractivity contribution in [3.05, 3.63) is 30.9 Å². The molecular formula is C38H62N8O9. The van der Waals surface area contributed by atoms with Crippen molar-refractivity contribution in [2.75, 3.05) is 118 Å². The molecule has 0 aliphatic heterocycles. The fourth-order valence-corrected chi connectivity index (χ4v) is 5.20. The van der Waals surface area contributed by atoms with Crippen molar-refractivity contribution in [2.24, 2.45) is 5.73 Å². The summed E-state index contributed by atoms with van der Waals surface area (Å²) < 4.78 is 44.0. The summed E-state index contributed by atoms with van der Waals surface area (Å²) in [6, 6.07) is 4.00. The van der Waals surface area contributed by atoms with Crippen molar-refractivity contribution in [2.45, 2.75) is 52.0 Å². The van der Waals surface area contributed by atoms with Gasteiger partial charge in [-0.1, -0.05) is 13.3 Å². The Bertz CT molecular complexity index is 1560. The van der Waals surface area contributed by atoms with Crippen LogP contribution in [0.1, 0.15) is 45.4 Å². The Kier molecular flexibility index (Phi) is 24.6. The molecule has 0 saturated carbocycles. The number of aromatic nitrogens is 6. The van der Waals surface area contributed by atoms with Gasteiger partial charge in [-0.2, -0.15) is 5.10 Å². The molecule has 0 aliphatic rings. The number of unbranched alkanes of at least 4 members (excludes halogenated alkanes) is 2. The molecule has 55 heavy (non-hydrogen) atoms. The van der Waals surface area contributed by atoms with Crippen LogP contribution in [0.15, 0.2) is 30.9 Å². The lowest BCUT2D eigenvalue weighted by atomic mass is 10.1. The van der Waals surface area contributed by atoms with Gasteiger partial charge in [0.15, 0.2) is 5.65 Å². The number of pyridine rings is 1. The summed E-state index contributed by atoms with van der Waals surface area (Å²) in [5.74, 6) is 0.601. The highest BCUT2D eigenvalue weighted by atomic mass is 16.6. The van der Waals surface area contributed by atoms with Gasteiger partial charge in [-0.25, -0.2) is 19.6 Å². The number of hydrogen-bond donors (Lipinski definition) is 3. The van der Waals surface area contributed by atoms with E-state index in [1.807, 2.05) is 23.0 Å². The van der Waals surface area contributed by atoms with Gasteiger partial charge in [0.1, 0.15) is 29.3 Å². The van der Waals surface area contributed by atoms with E-state index in [4.69, 9.17) is 54.5 Å². The molecule has 308 valence electrons. The monoisotopic (exact) mass is 774 g/mol. The lowest BCUT2D eigenvalue weighted by Gasteiger charge is -2.07. The van der Waals surface area contributed by atoms with Gasteiger partial charge in [0.2, 0.25) is 0 Å². The number of Topliss-reactive ketones (excluding diaryl/α,β-unsaturated/α-hetero) is 1. The molecule has 17 nitrogen and oxygen atoms in total. The van der Waals surface area contributed by atoms with Crippen LogP contribution in [0.25, 0.3) is 33.3 Å². The summed E-state index contributed by atoms with van der Waals surface area (Å²) in [6.45, 7) is 11.9. The zero-order valence-electron chi connectivity index (χ0n) is 32.7. The highest BCUT2D eigenvalue weighted by Gasteiger charge is 2.18. The fourth-order valence-electron chi connectivity index (χ4n) is 5.20. The van der Waals surface area contributed by atoms with Crippen LogP contribution in [0.4, 0.5) is 5.82 Å². The Labute approximate surface area is 324 Å². The van der Waals surface area contributed by atoms with Crippen LogP contribution >= 0.6 is 0 Å². The van der Waals surface area contributed by atoms with E-state index >= 15 is 0 Å². The van der Waals surface area contributed by atoms with Crippen molar-refractivity contribution in [1.29, 1.82) is 0 Å². The van der Waals surface area contributed by atoms with Crippen molar-refractivity contribution < 1.29 is 42.7 Å².